The van der Waals surface area contributed by atoms with Gasteiger partial charge < -0.3 is 10.2 Å². The highest BCUT2D eigenvalue weighted by atomic mass is 16.4. The molecule has 0 saturated heterocycles. The highest BCUT2D eigenvalue weighted by Gasteiger charge is 2.32. The number of Topliss-reactive ketones (excluding diaryl/α,β-unsaturated/α-hetero) is 2. The summed E-state index contributed by atoms with van der Waals surface area (Å²) in [5.41, 5.74) is -0.746. The fraction of sp³-hybridized carbons (Fsp3) is 0.839. The Kier molecular flexibility index (Phi) is 13.6. The van der Waals surface area contributed by atoms with Crippen LogP contribution in [-0.4, -0.2) is 34.4 Å². The predicted octanol–water partition coefficient (Wildman–Crippen LogP) is 7.40. The number of unbranched alkanes of at least 4 members (excludes halogenated alkanes) is 2. The summed E-state index contributed by atoms with van der Waals surface area (Å²) in [6.45, 7) is 7.88. The van der Waals surface area contributed by atoms with Gasteiger partial charge in [-0.15, -0.1) is 0 Å². The van der Waals surface area contributed by atoms with Crippen molar-refractivity contribution in [1.29, 1.82) is 0 Å². The van der Waals surface area contributed by atoms with E-state index < -0.39 is 11.4 Å². The van der Waals surface area contributed by atoms with E-state index in [1.54, 1.807) is 13.8 Å². The number of carboxylic acids is 1. The lowest BCUT2D eigenvalue weighted by Crippen LogP contribution is -2.29. The van der Waals surface area contributed by atoms with E-state index in [1.165, 1.54) is 0 Å². The van der Waals surface area contributed by atoms with E-state index in [-0.39, 0.29) is 43.1 Å². The second-order valence-electron chi connectivity index (χ2n) is 12.7. The summed E-state index contributed by atoms with van der Waals surface area (Å²) in [6.07, 6.45) is 17.1. The Morgan fingerprint density at radius 2 is 1.25 bits per heavy atom. The second-order valence-corrected chi connectivity index (χ2v) is 12.7. The van der Waals surface area contributed by atoms with E-state index >= 15 is 0 Å². The van der Waals surface area contributed by atoms with Gasteiger partial charge in [-0.1, -0.05) is 72.0 Å². The lowest BCUT2D eigenvalue weighted by atomic mass is 9.75. The molecule has 2 N–H and O–H groups in total. The van der Waals surface area contributed by atoms with Crippen molar-refractivity contribution in [3.05, 3.63) is 12.2 Å². The first kappa shape index (κ1) is 32.5. The molecule has 0 amide bonds. The Bertz CT molecular complexity index is 735. The largest absolute Gasteiger partial charge is 0.481 e. The van der Waals surface area contributed by atoms with Crippen molar-refractivity contribution < 1.29 is 24.6 Å². The van der Waals surface area contributed by atoms with Gasteiger partial charge in [-0.25, -0.2) is 0 Å². The van der Waals surface area contributed by atoms with Gasteiger partial charge in [0.1, 0.15) is 11.6 Å². The third-order valence-corrected chi connectivity index (χ3v) is 8.51. The number of ketones is 2. The molecular formula is C31H54O5. The summed E-state index contributed by atoms with van der Waals surface area (Å²) in [5.74, 6) is 0.00429. The molecule has 2 aliphatic rings. The van der Waals surface area contributed by atoms with Gasteiger partial charge in [0.05, 0.1) is 5.41 Å². The van der Waals surface area contributed by atoms with E-state index in [0.29, 0.717) is 18.0 Å². The topological polar surface area (TPSA) is 91.7 Å². The summed E-state index contributed by atoms with van der Waals surface area (Å²) < 4.78 is 0. The zero-order valence-electron chi connectivity index (χ0n) is 22.7. The van der Waals surface area contributed by atoms with Crippen LogP contribution in [0.5, 0.6) is 0 Å². The molecule has 0 heterocycles. The zero-order valence-corrected chi connectivity index (χ0v) is 22.7. The molecule has 4 unspecified atom stereocenters. The molecule has 0 radical (unpaired) electrons. The Balaban J connectivity index is 0.00000648. The van der Waals surface area contributed by atoms with Gasteiger partial charge in [0.15, 0.2) is 0 Å². The smallest absolute Gasteiger partial charge is 0.309 e. The number of aliphatic carboxylic acids is 1. The SMILES string of the molecule is C.CC(C)(CO)CCCCC1CCCC(/C=C\C2CCCC(CCCCC(C)(C)C(=O)O)C2=O)C1=O. The van der Waals surface area contributed by atoms with Crippen molar-refractivity contribution in [1.82, 2.24) is 0 Å². The van der Waals surface area contributed by atoms with E-state index in [9.17, 15) is 24.6 Å². The number of aliphatic hydroxyl groups is 1. The Labute approximate surface area is 220 Å². The molecule has 0 aromatic heterocycles. The molecule has 2 aliphatic carbocycles. The minimum Gasteiger partial charge on any atom is -0.481 e. The van der Waals surface area contributed by atoms with Crippen molar-refractivity contribution >= 4 is 17.5 Å². The van der Waals surface area contributed by atoms with Crippen molar-refractivity contribution in [3.8, 4) is 0 Å². The van der Waals surface area contributed by atoms with Crippen LogP contribution < -0.4 is 0 Å². The molecule has 36 heavy (non-hydrogen) atoms. The van der Waals surface area contributed by atoms with Crippen LogP contribution in [0.1, 0.15) is 125 Å². The van der Waals surface area contributed by atoms with Gasteiger partial charge >= 0.3 is 5.97 Å². The molecule has 0 aromatic rings. The predicted molar refractivity (Wildman–Crippen MR) is 147 cm³/mol. The summed E-state index contributed by atoms with van der Waals surface area (Å²) in [4.78, 5) is 37.4. The number of hydrogen-bond acceptors (Lipinski definition) is 4. The maximum atomic E-state index is 13.1. The first-order valence-electron chi connectivity index (χ1n) is 14.1. The molecule has 208 valence electrons. The number of carbonyl (C=O) groups excluding carboxylic acids is 2. The fourth-order valence-electron chi connectivity index (χ4n) is 5.70. The molecule has 0 aliphatic heterocycles. The number of aliphatic hydroxyl groups excluding tert-OH is 1. The molecule has 0 spiro atoms. The van der Waals surface area contributed by atoms with Crippen LogP contribution in [0.4, 0.5) is 0 Å². The van der Waals surface area contributed by atoms with Crippen LogP contribution in [0.3, 0.4) is 0 Å². The summed E-state index contributed by atoms with van der Waals surface area (Å²) in [5, 5.41) is 18.7. The van der Waals surface area contributed by atoms with Crippen molar-refractivity contribution in [2.45, 2.75) is 125 Å². The van der Waals surface area contributed by atoms with Crippen LogP contribution >= 0.6 is 0 Å². The van der Waals surface area contributed by atoms with Gasteiger partial charge in [0, 0.05) is 30.3 Å². The number of carbonyl (C=O) groups is 3. The number of carboxylic acid groups (broad SMARTS) is 1. The summed E-state index contributed by atoms with van der Waals surface area (Å²) in [7, 11) is 0. The molecular weight excluding hydrogens is 452 g/mol. The molecule has 2 fully saturated rings. The molecule has 5 heteroatoms. The van der Waals surface area contributed by atoms with Crippen LogP contribution in [0.2, 0.25) is 0 Å². The van der Waals surface area contributed by atoms with E-state index in [4.69, 9.17) is 0 Å². The standard InChI is InChI=1S/C30H50O5.CH4/c1-29(2,21-31)19-7-5-11-22-13-9-15-24(26(22)32)17-18-25-16-10-14-23(27(25)33)12-6-8-20-30(3,4)28(34)35;/h17-18,22-25,31H,5-16,19-21H2,1-4H3,(H,34,35);1H4/b18-17-;. The van der Waals surface area contributed by atoms with Gasteiger partial charge in [0.2, 0.25) is 0 Å². The Morgan fingerprint density at radius 1 is 0.806 bits per heavy atom. The number of rotatable bonds is 14. The maximum absolute atomic E-state index is 13.1. The van der Waals surface area contributed by atoms with Gasteiger partial charge in [0.25, 0.3) is 0 Å². The number of hydrogen-bond donors (Lipinski definition) is 2. The Morgan fingerprint density at radius 3 is 1.67 bits per heavy atom. The molecule has 4 atom stereocenters. The molecule has 0 aromatic carbocycles. The van der Waals surface area contributed by atoms with Gasteiger partial charge in [-0.2, -0.15) is 0 Å². The van der Waals surface area contributed by atoms with Crippen LogP contribution in [0, 0.1) is 34.5 Å². The van der Waals surface area contributed by atoms with E-state index in [1.807, 2.05) is 12.2 Å². The third kappa shape index (κ3) is 10.1. The van der Waals surface area contributed by atoms with Crippen LogP contribution in [0.15, 0.2) is 12.2 Å². The fourth-order valence-corrected chi connectivity index (χ4v) is 5.70. The highest BCUT2D eigenvalue weighted by Crippen LogP contribution is 2.34. The molecule has 2 rings (SSSR count). The highest BCUT2D eigenvalue weighted by molar-refractivity contribution is 5.87. The van der Waals surface area contributed by atoms with Crippen molar-refractivity contribution in [3.63, 3.8) is 0 Å². The van der Waals surface area contributed by atoms with Crippen molar-refractivity contribution in [2.24, 2.45) is 34.5 Å². The normalized spacial score (nSPS) is 25.7. The summed E-state index contributed by atoms with van der Waals surface area (Å²) >= 11 is 0. The molecule has 2 saturated carbocycles. The van der Waals surface area contributed by atoms with Crippen molar-refractivity contribution in [2.75, 3.05) is 6.61 Å². The first-order valence-corrected chi connectivity index (χ1v) is 14.1. The monoisotopic (exact) mass is 506 g/mol. The summed E-state index contributed by atoms with van der Waals surface area (Å²) in [6, 6.07) is 0. The van der Waals surface area contributed by atoms with E-state index in [2.05, 4.69) is 13.8 Å². The van der Waals surface area contributed by atoms with Gasteiger partial charge in [-0.05, 0) is 70.6 Å². The van der Waals surface area contributed by atoms with Crippen LogP contribution in [0.25, 0.3) is 0 Å². The maximum Gasteiger partial charge on any atom is 0.309 e. The Hall–Kier alpha value is -1.49. The average molecular weight is 507 g/mol. The minimum atomic E-state index is -0.762. The van der Waals surface area contributed by atoms with Gasteiger partial charge in [-0.3, -0.25) is 14.4 Å². The lowest BCUT2D eigenvalue weighted by Gasteiger charge is -2.28. The quantitative estimate of drug-likeness (QED) is 0.189. The average Bonchev–Trinajstić information content (AvgIpc) is 2.81. The third-order valence-electron chi connectivity index (χ3n) is 8.51. The number of allylic oxidation sites excluding steroid dienone is 2. The minimum absolute atomic E-state index is 0. The van der Waals surface area contributed by atoms with E-state index in [0.717, 1.165) is 83.5 Å². The first-order chi connectivity index (χ1) is 16.5. The zero-order chi connectivity index (χ0) is 26.1. The van der Waals surface area contributed by atoms with Crippen LogP contribution in [-0.2, 0) is 14.4 Å². The lowest BCUT2D eigenvalue weighted by molar-refractivity contribution is -0.147. The molecule has 5 nitrogen and oxygen atoms in total. The molecule has 0 bridgehead atoms. The second kappa shape index (κ2) is 15.1.